The van der Waals surface area contributed by atoms with Crippen LogP contribution in [0.2, 0.25) is 0 Å². The highest BCUT2D eigenvalue weighted by Gasteiger charge is 2.35. The van der Waals surface area contributed by atoms with E-state index in [0.717, 1.165) is 4.31 Å². The number of methoxy groups -OCH3 is 1. The molecule has 13 nitrogen and oxygen atoms in total. The number of carbonyl (C=O) groups excluding carboxylic acids is 1. The molecular weight excluding hydrogens is 612 g/mol. The number of hydrogen-bond acceptors (Lipinski definition) is 10. The van der Waals surface area contributed by atoms with Gasteiger partial charge in [-0.25, -0.2) is 16.8 Å². The number of sulfonamides is 2. The minimum Gasteiger partial charge on any atom is -0.497 e. The van der Waals surface area contributed by atoms with Crippen molar-refractivity contribution in [2.24, 2.45) is 5.92 Å². The molecule has 0 radical (unpaired) electrons. The van der Waals surface area contributed by atoms with Crippen LogP contribution >= 0.6 is 0 Å². The number of benzene rings is 2. The largest absolute Gasteiger partial charge is 0.497 e. The number of rotatable bonds is 10. The van der Waals surface area contributed by atoms with E-state index in [1.807, 2.05) is 6.92 Å². The summed E-state index contributed by atoms with van der Waals surface area (Å²) in [6.45, 7) is 6.46. The number of aryl methyl sites for hydroxylation is 2. The predicted molar refractivity (Wildman–Crippen MR) is 162 cm³/mol. The van der Waals surface area contributed by atoms with E-state index in [1.165, 1.54) is 62.4 Å². The van der Waals surface area contributed by atoms with E-state index in [2.05, 4.69) is 9.88 Å². The van der Waals surface area contributed by atoms with Gasteiger partial charge in [0.05, 0.1) is 37.6 Å². The van der Waals surface area contributed by atoms with Crippen LogP contribution in [-0.2, 0) is 31.3 Å². The summed E-state index contributed by atoms with van der Waals surface area (Å²) < 4.78 is 73.4. The molecule has 0 bridgehead atoms. The van der Waals surface area contributed by atoms with E-state index < -0.39 is 32.2 Å². The first-order valence-corrected chi connectivity index (χ1v) is 16.9. The van der Waals surface area contributed by atoms with Gasteiger partial charge in [-0.3, -0.25) is 9.52 Å². The van der Waals surface area contributed by atoms with E-state index in [9.17, 15) is 26.7 Å². The summed E-state index contributed by atoms with van der Waals surface area (Å²) in [5, 5.41) is 13.7. The summed E-state index contributed by atoms with van der Waals surface area (Å²) in [5.74, 6) is 0.322. The van der Waals surface area contributed by atoms with Gasteiger partial charge in [-0.1, -0.05) is 12.1 Å². The maximum atomic E-state index is 13.5. The standard InChI is InChI=1S/C29H38N4O9S2/c1-18-15-33(19(2)17-34)28(35)14-22-13-23(31-43(36,37)25-10-8-24(40-6)9-11-25)7-12-26(22)41-27(18)16-32(5)44(38,39)29-20(3)30-42-21(29)4/h7-13,18-19,27,31,34H,14-17H2,1-6H3/t18-,19-,27-/m1/s1. The highest BCUT2D eigenvalue weighted by atomic mass is 32.2. The number of carbonyl (C=O) groups is 1. The smallest absolute Gasteiger partial charge is 0.261 e. The van der Waals surface area contributed by atoms with Crippen LogP contribution in [0.25, 0.3) is 0 Å². The van der Waals surface area contributed by atoms with Crippen LogP contribution in [-0.4, -0.2) is 88.2 Å². The Morgan fingerprint density at radius 1 is 1.16 bits per heavy atom. The molecule has 0 fully saturated rings. The van der Waals surface area contributed by atoms with Crippen molar-refractivity contribution in [1.82, 2.24) is 14.4 Å². The van der Waals surface area contributed by atoms with Crippen molar-refractivity contribution in [2.45, 2.75) is 56.1 Å². The Hall–Kier alpha value is -3.66. The SMILES string of the molecule is COc1ccc(S(=O)(=O)Nc2ccc3c(c2)CC(=O)N([C@H](C)CO)C[C@@H](C)[C@@H](CN(C)S(=O)(=O)c2c(C)noc2C)O3)cc1. The molecule has 0 saturated heterocycles. The normalized spacial score (nSPS) is 18.5. The average molecular weight is 651 g/mol. The van der Waals surface area contributed by atoms with Crippen LogP contribution in [0.15, 0.2) is 56.8 Å². The molecule has 1 aromatic heterocycles. The minimum absolute atomic E-state index is 0.0180. The third-order valence-electron chi connectivity index (χ3n) is 7.61. The molecule has 2 heterocycles. The lowest BCUT2D eigenvalue weighted by Crippen LogP contribution is -2.48. The Labute approximate surface area is 257 Å². The molecule has 240 valence electrons. The molecule has 0 unspecified atom stereocenters. The molecule has 3 atom stereocenters. The van der Waals surface area contributed by atoms with Crippen molar-refractivity contribution in [3.8, 4) is 11.5 Å². The molecule has 1 amide bonds. The van der Waals surface area contributed by atoms with E-state index in [-0.39, 0.29) is 64.9 Å². The highest BCUT2D eigenvalue weighted by Crippen LogP contribution is 2.31. The number of fused-ring (bicyclic) bond motifs is 1. The Morgan fingerprint density at radius 2 is 1.84 bits per heavy atom. The molecule has 0 aliphatic carbocycles. The summed E-state index contributed by atoms with van der Waals surface area (Å²) in [7, 11) is -5.06. The summed E-state index contributed by atoms with van der Waals surface area (Å²) in [4.78, 5) is 15.0. The lowest BCUT2D eigenvalue weighted by molar-refractivity contribution is -0.134. The van der Waals surface area contributed by atoms with Gasteiger partial charge in [-0.15, -0.1) is 0 Å². The highest BCUT2D eigenvalue weighted by molar-refractivity contribution is 7.92. The topological polar surface area (TPSA) is 169 Å². The molecule has 2 N–H and O–H groups in total. The van der Waals surface area contributed by atoms with Crippen molar-refractivity contribution in [3.05, 3.63) is 59.5 Å². The molecule has 1 aliphatic rings. The molecule has 44 heavy (non-hydrogen) atoms. The first kappa shape index (κ1) is 33.2. The Kier molecular flexibility index (Phi) is 9.93. The number of nitrogens with one attached hydrogen (secondary N) is 1. The first-order chi connectivity index (χ1) is 20.7. The number of aliphatic hydroxyl groups is 1. The molecule has 1 aliphatic heterocycles. The fourth-order valence-corrected chi connectivity index (χ4v) is 7.55. The second-order valence-electron chi connectivity index (χ2n) is 10.9. The number of aromatic nitrogens is 1. The first-order valence-electron chi connectivity index (χ1n) is 13.9. The third-order valence-corrected chi connectivity index (χ3v) is 11.1. The molecule has 15 heteroatoms. The Morgan fingerprint density at radius 3 is 2.43 bits per heavy atom. The van der Waals surface area contributed by atoms with Crippen LogP contribution in [0.3, 0.4) is 0 Å². The van der Waals surface area contributed by atoms with E-state index in [0.29, 0.717) is 17.1 Å². The van der Waals surface area contributed by atoms with E-state index >= 15 is 0 Å². The van der Waals surface area contributed by atoms with Gasteiger partial charge in [-0.05, 0) is 63.2 Å². The van der Waals surface area contributed by atoms with Crippen molar-refractivity contribution in [1.29, 1.82) is 0 Å². The number of aliphatic hydroxyl groups excluding tert-OH is 1. The lowest BCUT2D eigenvalue weighted by Gasteiger charge is -2.33. The van der Waals surface area contributed by atoms with Gasteiger partial charge in [-0.2, -0.15) is 4.31 Å². The minimum atomic E-state index is -4.00. The maximum Gasteiger partial charge on any atom is 0.261 e. The second kappa shape index (κ2) is 13.1. The van der Waals surface area contributed by atoms with Crippen molar-refractivity contribution < 1.29 is 40.7 Å². The summed E-state index contributed by atoms with van der Waals surface area (Å²) in [6, 6.07) is 9.97. The third kappa shape index (κ3) is 7.01. The molecule has 2 aromatic carbocycles. The number of nitrogens with zero attached hydrogens (tertiary/aromatic N) is 3. The quantitative estimate of drug-likeness (QED) is 0.333. The molecule has 3 aromatic rings. The maximum absolute atomic E-state index is 13.5. The predicted octanol–water partition coefficient (Wildman–Crippen LogP) is 2.57. The Balaban J connectivity index is 1.68. The average Bonchev–Trinajstić information content (AvgIpc) is 3.34. The monoisotopic (exact) mass is 650 g/mol. The second-order valence-corrected chi connectivity index (χ2v) is 14.6. The van der Waals surface area contributed by atoms with Gasteiger partial charge in [0.2, 0.25) is 15.9 Å². The molecule has 0 spiro atoms. The summed E-state index contributed by atoms with van der Waals surface area (Å²) in [5.41, 5.74) is 0.844. The van der Waals surface area contributed by atoms with Gasteiger partial charge in [0.1, 0.15) is 28.2 Å². The van der Waals surface area contributed by atoms with Gasteiger partial charge >= 0.3 is 0 Å². The number of likely N-dealkylation sites (N-methyl/N-ethyl adjacent to an activating group) is 1. The van der Waals surface area contributed by atoms with Gasteiger partial charge in [0.25, 0.3) is 10.0 Å². The molecule has 4 rings (SSSR count). The van der Waals surface area contributed by atoms with Crippen molar-refractivity contribution in [2.75, 3.05) is 38.6 Å². The molecule has 0 saturated carbocycles. The number of anilines is 1. The lowest BCUT2D eigenvalue weighted by atomic mass is 10.0. The van der Waals surface area contributed by atoms with Crippen molar-refractivity contribution in [3.63, 3.8) is 0 Å². The van der Waals surface area contributed by atoms with Gasteiger partial charge in [0.15, 0.2) is 5.76 Å². The number of hydrogen-bond donors (Lipinski definition) is 2. The summed E-state index contributed by atoms with van der Waals surface area (Å²) >= 11 is 0. The van der Waals surface area contributed by atoms with Crippen LogP contribution in [0.5, 0.6) is 11.5 Å². The summed E-state index contributed by atoms with van der Waals surface area (Å²) in [6.07, 6.45) is -0.861. The van der Waals surface area contributed by atoms with E-state index in [1.54, 1.807) is 19.9 Å². The van der Waals surface area contributed by atoms with Gasteiger partial charge in [0, 0.05) is 30.8 Å². The molecular formula is C29H38N4O9S2. The zero-order valence-electron chi connectivity index (χ0n) is 25.5. The Bertz CT molecular complexity index is 1690. The number of ether oxygens (including phenoxy) is 2. The fourth-order valence-electron chi connectivity index (χ4n) is 5.03. The van der Waals surface area contributed by atoms with Gasteiger partial charge < -0.3 is 24.0 Å². The zero-order valence-corrected chi connectivity index (χ0v) is 27.1. The van der Waals surface area contributed by atoms with Crippen LogP contribution in [0.1, 0.15) is 30.9 Å². The van der Waals surface area contributed by atoms with Crippen LogP contribution in [0, 0.1) is 19.8 Å². The zero-order chi connectivity index (χ0) is 32.4. The van der Waals surface area contributed by atoms with Crippen LogP contribution in [0.4, 0.5) is 5.69 Å². The van der Waals surface area contributed by atoms with Crippen LogP contribution < -0.4 is 14.2 Å². The van der Waals surface area contributed by atoms with Crippen molar-refractivity contribution >= 4 is 31.6 Å². The van der Waals surface area contributed by atoms with E-state index in [4.69, 9.17) is 14.0 Å². The number of amides is 1. The fraction of sp³-hybridized carbons (Fsp3) is 0.448.